The highest BCUT2D eigenvalue weighted by Gasteiger charge is 2.33. The van der Waals surface area contributed by atoms with Crippen LogP contribution in [0.25, 0.3) is 0 Å². The van der Waals surface area contributed by atoms with Crippen LogP contribution in [0.2, 0.25) is 0 Å². The van der Waals surface area contributed by atoms with Crippen LogP contribution in [0.15, 0.2) is 65.3 Å². The SMILES string of the molecule is Cc1occc1C(=O)N(C)C(Cc1ccccc1F)C1CCN(Cc2ccc(F)cc2)CC1. The van der Waals surface area contributed by atoms with Crippen LogP contribution in [0.5, 0.6) is 0 Å². The minimum atomic E-state index is -0.239. The van der Waals surface area contributed by atoms with Gasteiger partial charge in [-0.15, -0.1) is 0 Å². The second-order valence-corrected chi connectivity index (χ2v) is 8.91. The number of carbonyl (C=O) groups excluding carboxylic acids is 1. The molecule has 0 aliphatic carbocycles. The van der Waals surface area contributed by atoms with Gasteiger partial charge < -0.3 is 9.32 Å². The molecule has 0 saturated carbocycles. The minimum Gasteiger partial charge on any atom is -0.469 e. The molecule has 2 heterocycles. The van der Waals surface area contributed by atoms with E-state index in [9.17, 15) is 13.6 Å². The molecule has 1 aliphatic heterocycles. The molecule has 6 heteroatoms. The summed E-state index contributed by atoms with van der Waals surface area (Å²) in [5, 5.41) is 0. The molecular formula is C27H30F2N2O2. The van der Waals surface area contributed by atoms with Gasteiger partial charge in [-0.25, -0.2) is 8.78 Å². The molecule has 4 nitrogen and oxygen atoms in total. The molecule has 1 atom stereocenters. The molecule has 174 valence electrons. The largest absolute Gasteiger partial charge is 0.469 e. The van der Waals surface area contributed by atoms with Crippen molar-refractivity contribution in [3.05, 3.63) is 94.9 Å². The lowest BCUT2D eigenvalue weighted by Crippen LogP contribution is -2.47. The first kappa shape index (κ1) is 23.2. The molecule has 1 aliphatic rings. The first-order valence-corrected chi connectivity index (χ1v) is 11.4. The summed E-state index contributed by atoms with van der Waals surface area (Å²) in [6, 6.07) is 15.0. The van der Waals surface area contributed by atoms with E-state index in [2.05, 4.69) is 4.90 Å². The first-order chi connectivity index (χ1) is 15.9. The number of amides is 1. The standard InChI is InChI=1S/C27H30F2N2O2/c1-19-24(13-16-33-19)27(32)30(2)26(17-22-5-3-4-6-25(22)29)21-11-14-31(15-12-21)18-20-7-9-23(28)10-8-20/h3-10,13,16,21,26H,11-12,14-15,17-18H2,1-2H3. The van der Waals surface area contributed by atoms with Gasteiger partial charge in [0.15, 0.2) is 0 Å². The van der Waals surface area contributed by atoms with Crippen molar-refractivity contribution in [1.82, 2.24) is 9.80 Å². The van der Waals surface area contributed by atoms with E-state index >= 15 is 0 Å². The highest BCUT2D eigenvalue weighted by atomic mass is 19.1. The summed E-state index contributed by atoms with van der Waals surface area (Å²) in [4.78, 5) is 17.4. The van der Waals surface area contributed by atoms with E-state index in [1.165, 1.54) is 24.5 Å². The van der Waals surface area contributed by atoms with E-state index in [1.54, 1.807) is 30.0 Å². The zero-order chi connectivity index (χ0) is 23.4. The van der Waals surface area contributed by atoms with Crippen LogP contribution >= 0.6 is 0 Å². The number of halogens is 2. The summed E-state index contributed by atoms with van der Waals surface area (Å²) in [6.07, 6.45) is 3.80. The third-order valence-electron chi connectivity index (χ3n) is 6.79. The molecule has 3 aromatic rings. The predicted molar refractivity (Wildman–Crippen MR) is 124 cm³/mol. The van der Waals surface area contributed by atoms with Crippen LogP contribution in [-0.2, 0) is 13.0 Å². The van der Waals surface area contributed by atoms with Gasteiger partial charge >= 0.3 is 0 Å². The number of likely N-dealkylation sites (N-methyl/N-ethyl adjacent to an activating group) is 1. The van der Waals surface area contributed by atoms with Gasteiger partial charge in [0.1, 0.15) is 17.4 Å². The van der Waals surface area contributed by atoms with E-state index in [4.69, 9.17) is 4.42 Å². The number of carbonyl (C=O) groups is 1. The summed E-state index contributed by atoms with van der Waals surface area (Å²) in [5.41, 5.74) is 2.25. The fraction of sp³-hybridized carbons (Fsp3) is 0.370. The van der Waals surface area contributed by atoms with Crippen molar-refractivity contribution in [3.8, 4) is 0 Å². The van der Waals surface area contributed by atoms with E-state index in [1.807, 2.05) is 25.2 Å². The van der Waals surface area contributed by atoms with Crippen LogP contribution in [0.3, 0.4) is 0 Å². The number of hydrogen-bond acceptors (Lipinski definition) is 3. The summed E-state index contributed by atoms with van der Waals surface area (Å²) in [7, 11) is 1.81. The number of hydrogen-bond donors (Lipinski definition) is 0. The number of piperidine rings is 1. The Hall–Kier alpha value is -2.99. The highest BCUT2D eigenvalue weighted by Crippen LogP contribution is 2.29. The van der Waals surface area contributed by atoms with Crippen LogP contribution in [0.1, 0.15) is 40.1 Å². The van der Waals surface area contributed by atoms with Crippen molar-refractivity contribution in [2.75, 3.05) is 20.1 Å². The van der Waals surface area contributed by atoms with E-state index < -0.39 is 0 Å². The number of likely N-dealkylation sites (tertiary alicyclic amines) is 1. The molecule has 1 unspecified atom stereocenters. The van der Waals surface area contributed by atoms with Crippen molar-refractivity contribution < 1.29 is 18.0 Å². The summed E-state index contributed by atoms with van der Waals surface area (Å²) in [5.74, 6) is 0.266. The van der Waals surface area contributed by atoms with E-state index in [0.29, 0.717) is 23.3 Å². The first-order valence-electron chi connectivity index (χ1n) is 11.4. The fourth-order valence-corrected chi connectivity index (χ4v) is 4.80. The van der Waals surface area contributed by atoms with Crippen LogP contribution in [0.4, 0.5) is 8.78 Å². The monoisotopic (exact) mass is 452 g/mol. The van der Waals surface area contributed by atoms with Crippen molar-refractivity contribution in [3.63, 3.8) is 0 Å². The lowest BCUT2D eigenvalue weighted by molar-refractivity contribution is 0.0581. The normalized spacial score (nSPS) is 16.0. The summed E-state index contributed by atoms with van der Waals surface area (Å²) < 4.78 is 33.0. The van der Waals surface area contributed by atoms with Gasteiger partial charge in [-0.2, -0.15) is 0 Å². The van der Waals surface area contributed by atoms with Crippen molar-refractivity contribution in [1.29, 1.82) is 0 Å². The maximum Gasteiger partial charge on any atom is 0.257 e. The second kappa shape index (κ2) is 10.3. The zero-order valence-electron chi connectivity index (χ0n) is 19.1. The average molecular weight is 453 g/mol. The van der Waals surface area contributed by atoms with Crippen molar-refractivity contribution in [2.24, 2.45) is 5.92 Å². The fourth-order valence-electron chi connectivity index (χ4n) is 4.80. The smallest absolute Gasteiger partial charge is 0.257 e. The number of furan rings is 1. The molecule has 0 N–H and O–H groups in total. The van der Waals surface area contributed by atoms with E-state index in [0.717, 1.165) is 38.0 Å². The number of rotatable bonds is 7. The summed E-state index contributed by atoms with van der Waals surface area (Å²) >= 11 is 0. The van der Waals surface area contributed by atoms with Crippen LogP contribution in [0, 0.1) is 24.5 Å². The number of benzene rings is 2. The third-order valence-corrected chi connectivity index (χ3v) is 6.79. The maximum atomic E-state index is 14.5. The minimum absolute atomic E-state index is 0.101. The van der Waals surface area contributed by atoms with Crippen LogP contribution in [-0.4, -0.2) is 41.9 Å². The van der Waals surface area contributed by atoms with Gasteiger partial charge in [0.25, 0.3) is 5.91 Å². The van der Waals surface area contributed by atoms with Gasteiger partial charge in [0.05, 0.1) is 11.8 Å². The third kappa shape index (κ3) is 5.50. The molecule has 0 radical (unpaired) electrons. The molecule has 2 aromatic carbocycles. The molecule has 0 bridgehead atoms. The van der Waals surface area contributed by atoms with Gasteiger partial charge in [0.2, 0.25) is 0 Å². The highest BCUT2D eigenvalue weighted by molar-refractivity contribution is 5.95. The molecular weight excluding hydrogens is 422 g/mol. The van der Waals surface area contributed by atoms with Gasteiger partial charge in [-0.05, 0) is 80.6 Å². The quantitative estimate of drug-likeness (QED) is 0.478. The van der Waals surface area contributed by atoms with E-state index in [-0.39, 0.29) is 29.5 Å². The number of nitrogens with zero attached hydrogens (tertiary/aromatic N) is 2. The predicted octanol–water partition coefficient (Wildman–Crippen LogP) is 5.46. The Kier molecular flexibility index (Phi) is 7.23. The average Bonchev–Trinajstić information content (AvgIpc) is 3.25. The maximum absolute atomic E-state index is 14.5. The zero-order valence-corrected chi connectivity index (χ0v) is 19.1. The molecule has 0 spiro atoms. The molecule has 1 aromatic heterocycles. The lowest BCUT2D eigenvalue weighted by atomic mass is 9.84. The molecule has 1 saturated heterocycles. The van der Waals surface area contributed by atoms with Crippen LogP contribution < -0.4 is 0 Å². The van der Waals surface area contributed by atoms with Gasteiger partial charge in [-0.3, -0.25) is 9.69 Å². The lowest BCUT2D eigenvalue weighted by Gasteiger charge is -2.40. The Bertz CT molecular complexity index is 1070. The molecule has 4 rings (SSSR count). The second-order valence-electron chi connectivity index (χ2n) is 8.91. The Morgan fingerprint density at radius 1 is 1.09 bits per heavy atom. The number of aryl methyl sites for hydroxylation is 1. The Labute approximate surface area is 193 Å². The molecule has 33 heavy (non-hydrogen) atoms. The molecule has 1 amide bonds. The van der Waals surface area contributed by atoms with Gasteiger partial charge in [-0.1, -0.05) is 30.3 Å². The van der Waals surface area contributed by atoms with Gasteiger partial charge in [0, 0.05) is 19.6 Å². The topological polar surface area (TPSA) is 36.7 Å². The Morgan fingerprint density at radius 2 is 1.79 bits per heavy atom. The Balaban J connectivity index is 1.48. The summed E-state index contributed by atoms with van der Waals surface area (Å²) in [6.45, 7) is 4.31. The Morgan fingerprint density at radius 3 is 2.42 bits per heavy atom. The van der Waals surface area contributed by atoms with Crippen molar-refractivity contribution >= 4 is 5.91 Å². The van der Waals surface area contributed by atoms with Crippen molar-refractivity contribution in [2.45, 2.75) is 38.8 Å². The molecule has 1 fully saturated rings.